The van der Waals surface area contributed by atoms with Crippen LogP contribution in [-0.2, 0) is 21.7 Å². The SMILES string of the molecule is Cc1oc(=O)oc1COC(=O)[C@H]1C2CCC(CC2)[C@@H]1Nc1nc(-c2cn(C(c3ccccc3)(c3ccccc3)c3ccccc3)c3ncc(Cl)nc23)nc(-c2cccs2)c1F. The minimum absolute atomic E-state index is 0.00562. The number of aryl methyl sites for hydroxylation is 1. The molecule has 1 N–H and O–H groups in total. The first-order valence-electron chi connectivity index (χ1n) is 20.1. The molecule has 11 nitrogen and oxygen atoms in total. The van der Waals surface area contributed by atoms with E-state index >= 15 is 4.39 Å². The molecule has 0 saturated heterocycles. The van der Waals surface area contributed by atoms with Crippen LogP contribution in [0.5, 0.6) is 0 Å². The highest BCUT2D eigenvalue weighted by atomic mass is 35.5. The van der Waals surface area contributed by atoms with E-state index in [1.54, 1.807) is 6.92 Å². The maximum atomic E-state index is 17.1. The highest BCUT2D eigenvalue weighted by molar-refractivity contribution is 7.13. The molecule has 0 radical (unpaired) electrons. The van der Waals surface area contributed by atoms with E-state index in [0.29, 0.717) is 21.6 Å². The molecule has 3 aromatic carbocycles. The molecular formula is C47H38ClFN6O5S. The van der Waals surface area contributed by atoms with Gasteiger partial charge >= 0.3 is 11.8 Å². The smallest absolute Gasteiger partial charge is 0.457 e. The molecule has 3 fully saturated rings. The number of nitrogens with zero attached hydrogens (tertiary/aromatic N) is 5. The molecule has 5 heterocycles. The summed E-state index contributed by atoms with van der Waals surface area (Å²) in [4.78, 5) is 45.9. The summed E-state index contributed by atoms with van der Waals surface area (Å²) in [6.45, 7) is 1.32. The average Bonchev–Trinajstić information content (AvgIpc) is 4.04. The lowest BCUT2D eigenvalue weighted by molar-refractivity contribution is -0.157. The number of carbonyl (C=O) groups is 1. The second-order valence-corrected chi connectivity index (χ2v) is 16.9. The van der Waals surface area contributed by atoms with Crippen molar-refractivity contribution in [2.75, 3.05) is 5.32 Å². The number of carbonyl (C=O) groups excluding carboxylic acids is 1. The van der Waals surface area contributed by atoms with E-state index in [9.17, 15) is 9.59 Å². The van der Waals surface area contributed by atoms with Gasteiger partial charge in [-0.25, -0.2) is 29.1 Å². The number of halogens is 2. The number of hydrogen-bond donors (Lipinski definition) is 1. The van der Waals surface area contributed by atoms with Crippen LogP contribution in [0, 0.1) is 30.5 Å². The number of anilines is 1. The normalized spacial score (nSPS) is 18.7. The first-order valence-corrected chi connectivity index (χ1v) is 21.4. The van der Waals surface area contributed by atoms with E-state index in [1.165, 1.54) is 17.5 Å². The zero-order chi connectivity index (χ0) is 41.7. The van der Waals surface area contributed by atoms with Crippen molar-refractivity contribution in [1.82, 2.24) is 24.5 Å². The fourth-order valence-electron chi connectivity index (χ4n) is 9.48. The van der Waals surface area contributed by atoms with Gasteiger partial charge in [-0.3, -0.25) is 4.79 Å². The fraction of sp³-hybridized carbons (Fsp3) is 0.234. The van der Waals surface area contributed by atoms with Crippen LogP contribution in [0.2, 0.25) is 5.15 Å². The van der Waals surface area contributed by atoms with Crippen LogP contribution in [0.4, 0.5) is 10.2 Å². The first-order chi connectivity index (χ1) is 29.8. The van der Waals surface area contributed by atoms with E-state index in [-0.39, 0.29) is 52.5 Å². The van der Waals surface area contributed by atoms with Gasteiger partial charge in [-0.05, 0) is 72.6 Å². The van der Waals surface area contributed by atoms with Gasteiger partial charge in [-0.2, -0.15) is 0 Å². The lowest BCUT2D eigenvalue weighted by Crippen LogP contribution is -2.52. The van der Waals surface area contributed by atoms with Crippen molar-refractivity contribution in [3.63, 3.8) is 0 Å². The minimum Gasteiger partial charge on any atom is -0.457 e. The van der Waals surface area contributed by atoms with E-state index in [1.807, 2.05) is 78.3 Å². The summed E-state index contributed by atoms with van der Waals surface area (Å²) in [5, 5.41) is 5.46. The second kappa shape index (κ2) is 15.9. The quantitative estimate of drug-likeness (QED) is 0.0989. The third-order valence-corrected chi connectivity index (χ3v) is 13.3. The Hall–Kier alpha value is -6.44. The average molecular weight is 853 g/mol. The molecule has 5 aromatic heterocycles. The zero-order valence-electron chi connectivity index (χ0n) is 32.8. The summed E-state index contributed by atoms with van der Waals surface area (Å²) >= 11 is 8.00. The number of aromatic nitrogens is 5. The van der Waals surface area contributed by atoms with Gasteiger partial charge in [-0.1, -0.05) is 109 Å². The number of nitrogens with one attached hydrogen (secondary N) is 1. The Morgan fingerprint density at radius 3 is 2.11 bits per heavy atom. The van der Waals surface area contributed by atoms with Crippen molar-refractivity contribution in [1.29, 1.82) is 0 Å². The largest absolute Gasteiger partial charge is 0.519 e. The summed E-state index contributed by atoms with van der Waals surface area (Å²) in [6.07, 6.45) is 6.85. The molecule has 3 saturated carbocycles. The number of thiophene rings is 1. The Morgan fingerprint density at radius 2 is 1.52 bits per heavy atom. The van der Waals surface area contributed by atoms with Crippen LogP contribution in [0.25, 0.3) is 33.1 Å². The lowest BCUT2D eigenvalue weighted by atomic mass is 9.61. The molecule has 8 aromatic rings. The Bertz CT molecular complexity index is 2820. The van der Waals surface area contributed by atoms with E-state index in [2.05, 4.69) is 46.3 Å². The number of esters is 1. The molecule has 0 unspecified atom stereocenters. The van der Waals surface area contributed by atoms with Crippen LogP contribution in [-0.4, -0.2) is 36.5 Å². The fourth-order valence-corrected chi connectivity index (χ4v) is 10.3. The lowest BCUT2D eigenvalue weighted by Gasteiger charge is -2.47. The van der Waals surface area contributed by atoms with Gasteiger partial charge in [0.2, 0.25) is 0 Å². The summed E-state index contributed by atoms with van der Waals surface area (Å²) in [6, 6.07) is 33.7. The van der Waals surface area contributed by atoms with Gasteiger partial charge in [0.15, 0.2) is 41.2 Å². The molecule has 2 bridgehead atoms. The van der Waals surface area contributed by atoms with Crippen molar-refractivity contribution in [3.8, 4) is 22.0 Å². The van der Waals surface area contributed by atoms with Crippen LogP contribution in [0.3, 0.4) is 0 Å². The minimum atomic E-state index is -0.979. The summed E-state index contributed by atoms with van der Waals surface area (Å²) in [5.74, 6) is -1.98. The summed E-state index contributed by atoms with van der Waals surface area (Å²) in [5.41, 5.74) is 3.42. The topological polar surface area (TPSA) is 138 Å². The number of fused-ring (bicyclic) bond motifs is 4. The van der Waals surface area contributed by atoms with E-state index in [0.717, 1.165) is 42.4 Å². The third kappa shape index (κ3) is 6.81. The maximum Gasteiger partial charge on any atom is 0.519 e. The molecule has 11 rings (SSSR count). The molecule has 3 aliphatic carbocycles. The summed E-state index contributed by atoms with van der Waals surface area (Å²) in [7, 11) is 0. The number of ether oxygens (including phenoxy) is 1. The predicted molar refractivity (Wildman–Crippen MR) is 230 cm³/mol. The van der Waals surface area contributed by atoms with Crippen molar-refractivity contribution < 1.29 is 22.8 Å². The van der Waals surface area contributed by atoms with Gasteiger partial charge < -0.3 is 23.5 Å². The third-order valence-electron chi connectivity index (χ3n) is 12.2. The van der Waals surface area contributed by atoms with Crippen LogP contribution < -0.4 is 11.1 Å². The molecule has 0 aliphatic heterocycles. The van der Waals surface area contributed by atoms with Crippen molar-refractivity contribution in [2.24, 2.45) is 17.8 Å². The maximum absolute atomic E-state index is 17.1. The molecule has 61 heavy (non-hydrogen) atoms. The Labute approximate surface area is 358 Å². The van der Waals surface area contributed by atoms with E-state index < -0.39 is 35.1 Å². The van der Waals surface area contributed by atoms with Crippen molar-refractivity contribution >= 4 is 45.9 Å². The highest BCUT2D eigenvalue weighted by Gasteiger charge is 2.49. The van der Waals surface area contributed by atoms with Gasteiger partial charge in [0.1, 0.15) is 21.9 Å². The van der Waals surface area contributed by atoms with Gasteiger partial charge in [0, 0.05) is 12.2 Å². The number of rotatable bonds is 11. The van der Waals surface area contributed by atoms with Crippen molar-refractivity contribution in [2.45, 2.75) is 50.8 Å². The molecule has 2 atom stereocenters. The monoisotopic (exact) mass is 852 g/mol. The van der Waals surface area contributed by atoms with Crippen LogP contribution in [0.15, 0.2) is 135 Å². The predicted octanol–water partition coefficient (Wildman–Crippen LogP) is 10.1. The molecular weight excluding hydrogens is 815 g/mol. The highest BCUT2D eigenvalue weighted by Crippen LogP contribution is 2.48. The first kappa shape index (κ1) is 38.7. The Kier molecular flexibility index (Phi) is 10.1. The van der Waals surface area contributed by atoms with E-state index in [4.69, 9.17) is 45.1 Å². The van der Waals surface area contributed by atoms with Crippen LogP contribution >= 0.6 is 22.9 Å². The van der Waals surface area contributed by atoms with Gasteiger partial charge in [0.25, 0.3) is 0 Å². The number of benzene rings is 3. The van der Waals surface area contributed by atoms with Gasteiger partial charge in [0.05, 0.1) is 22.6 Å². The van der Waals surface area contributed by atoms with Gasteiger partial charge in [-0.15, -0.1) is 11.3 Å². The molecule has 0 spiro atoms. The molecule has 0 amide bonds. The molecule has 306 valence electrons. The standard InChI is InChI=1S/C47H38ClFN6O5S/c1-27-34(60-46(57)59-27)26-58-45(56)37-28-19-21-29(22-20-28)39(37)52-43-38(49)41(35-18-11-23-61-35)53-42(54-43)33-25-55(44-40(33)51-36(48)24-50-44)47(30-12-5-2-6-13-30,31-14-7-3-8-15-31)32-16-9-4-10-17-32/h2-18,23-25,28-29,37,39H,19-22,26H2,1H3,(H,52,53,54)/t28?,29?,37-,39-/m0/s1. The zero-order valence-corrected chi connectivity index (χ0v) is 34.4. The molecule has 3 aliphatic rings. The summed E-state index contributed by atoms with van der Waals surface area (Å²) < 4.78 is 35.0. The van der Waals surface area contributed by atoms with Crippen molar-refractivity contribution in [3.05, 3.63) is 171 Å². The Morgan fingerprint density at radius 1 is 0.885 bits per heavy atom. The second-order valence-electron chi connectivity index (χ2n) is 15.5. The number of hydrogen-bond acceptors (Lipinski definition) is 11. The molecule has 14 heteroatoms. The Balaban J connectivity index is 1.15. The van der Waals surface area contributed by atoms with Crippen LogP contribution in [0.1, 0.15) is 53.9 Å².